The zero-order valence-electron chi connectivity index (χ0n) is 11.6. The van der Waals surface area contributed by atoms with E-state index in [9.17, 15) is 30.3 Å². The summed E-state index contributed by atoms with van der Waals surface area (Å²) in [5.74, 6) is 0. The van der Waals surface area contributed by atoms with Crippen LogP contribution in [0.5, 0.6) is 0 Å². The van der Waals surface area contributed by atoms with Crippen molar-refractivity contribution >= 4 is 0 Å². The van der Waals surface area contributed by atoms with Gasteiger partial charge in [0.05, 0.1) is 6.92 Å². The van der Waals surface area contributed by atoms with E-state index in [-0.39, 0.29) is 6.61 Å². The topological polar surface area (TPSA) is 148 Å². The minimum absolute atomic E-state index is 0.297. The van der Waals surface area contributed by atoms with Crippen LogP contribution in [0, 0.1) is 30.3 Å². The highest BCUT2D eigenvalue weighted by Gasteiger charge is 2.51. The van der Waals surface area contributed by atoms with Crippen molar-refractivity contribution in [1.29, 1.82) is 0 Å². The average molecular weight is 295 g/mol. The van der Waals surface area contributed by atoms with Gasteiger partial charge in [-0.15, -0.1) is 0 Å². The highest BCUT2D eigenvalue weighted by atomic mass is 16.7. The largest absolute Gasteiger partial charge is 0.478 e. The molecule has 1 atom stereocenters. The Kier molecular flexibility index (Phi) is 5.91. The molecule has 11 heteroatoms. The monoisotopic (exact) mass is 295 g/mol. The number of ether oxygens (including phenoxy) is 2. The molecule has 0 aliphatic rings. The SMILES string of the molecule is CC(OCC(C)(C)[N+](=O)[O-])OCC(C)([N+](=O)[O-])[N+](=O)[O-]. The molecule has 0 aromatic rings. The maximum Gasteiger partial charge on any atom is 0.478 e. The third-order valence-corrected chi connectivity index (χ3v) is 2.54. The highest BCUT2D eigenvalue weighted by Crippen LogP contribution is 2.14. The quantitative estimate of drug-likeness (QED) is 0.342. The predicted molar refractivity (Wildman–Crippen MR) is 64.8 cm³/mol. The zero-order valence-corrected chi connectivity index (χ0v) is 11.6. The van der Waals surface area contributed by atoms with Gasteiger partial charge in [-0.1, -0.05) is 0 Å². The predicted octanol–water partition coefficient (Wildman–Crippen LogP) is 0.691. The van der Waals surface area contributed by atoms with Crippen LogP contribution in [0.4, 0.5) is 0 Å². The summed E-state index contributed by atoms with van der Waals surface area (Å²) in [5.41, 5.74) is -3.84. The van der Waals surface area contributed by atoms with Crippen LogP contribution in [0.1, 0.15) is 27.7 Å². The van der Waals surface area contributed by atoms with Crippen LogP contribution in [0.3, 0.4) is 0 Å². The molecule has 0 heterocycles. The molecular formula is C9H17N3O8. The van der Waals surface area contributed by atoms with E-state index in [1.54, 1.807) is 0 Å². The lowest BCUT2D eigenvalue weighted by Crippen LogP contribution is -2.48. The van der Waals surface area contributed by atoms with E-state index in [0.29, 0.717) is 0 Å². The fourth-order valence-corrected chi connectivity index (χ4v) is 0.869. The van der Waals surface area contributed by atoms with Gasteiger partial charge in [-0.2, -0.15) is 0 Å². The van der Waals surface area contributed by atoms with Gasteiger partial charge in [-0.3, -0.25) is 30.3 Å². The summed E-state index contributed by atoms with van der Waals surface area (Å²) >= 11 is 0. The first-order valence-electron chi connectivity index (χ1n) is 5.60. The minimum atomic E-state index is -2.49. The lowest BCUT2D eigenvalue weighted by molar-refractivity contribution is -0.794. The Morgan fingerprint density at radius 2 is 1.30 bits per heavy atom. The second-order valence-corrected chi connectivity index (χ2v) is 4.99. The molecule has 0 bridgehead atoms. The lowest BCUT2D eigenvalue weighted by atomic mass is 10.1. The van der Waals surface area contributed by atoms with Crippen molar-refractivity contribution in [2.45, 2.75) is 45.2 Å². The van der Waals surface area contributed by atoms with Crippen molar-refractivity contribution in [3.63, 3.8) is 0 Å². The van der Waals surface area contributed by atoms with E-state index in [2.05, 4.69) is 0 Å². The smallest absolute Gasteiger partial charge is 0.346 e. The molecule has 0 amide bonds. The Morgan fingerprint density at radius 3 is 1.65 bits per heavy atom. The van der Waals surface area contributed by atoms with Crippen molar-refractivity contribution in [2.24, 2.45) is 0 Å². The van der Waals surface area contributed by atoms with Crippen LogP contribution in [-0.2, 0) is 9.47 Å². The molecule has 0 rings (SSSR count). The molecule has 0 aliphatic heterocycles. The molecule has 0 aromatic carbocycles. The second kappa shape index (κ2) is 6.52. The number of nitro groups is 3. The van der Waals surface area contributed by atoms with Gasteiger partial charge in [0, 0.05) is 18.8 Å². The van der Waals surface area contributed by atoms with Crippen molar-refractivity contribution in [2.75, 3.05) is 13.2 Å². The molecule has 0 spiro atoms. The number of nitrogens with zero attached hydrogens (tertiary/aromatic N) is 3. The van der Waals surface area contributed by atoms with Crippen molar-refractivity contribution in [1.82, 2.24) is 0 Å². The molecule has 11 nitrogen and oxygen atoms in total. The summed E-state index contributed by atoms with van der Waals surface area (Å²) in [6.07, 6.45) is -1.05. The van der Waals surface area contributed by atoms with Crippen LogP contribution in [0.2, 0.25) is 0 Å². The first kappa shape index (κ1) is 18.1. The van der Waals surface area contributed by atoms with Crippen LogP contribution >= 0.6 is 0 Å². The number of hydrogen-bond donors (Lipinski definition) is 0. The third kappa shape index (κ3) is 4.66. The molecule has 0 radical (unpaired) electrons. The van der Waals surface area contributed by atoms with Crippen LogP contribution in [0.15, 0.2) is 0 Å². The summed E-state index contributed by atoms with van der Waals surface area (Å²) < 4.78 is 9.89. The van der Waals surface area contributed by atoms with Gasteiger partial charge in [0.25, 0.3) is 0 Å². The van der Waals surface area contributed by atoms with Crippen LogP contribution < -0.4 is 0 Å². The third-order valence-electron chi connectivity index (χ3n) is 2.54. The first-order valence-corrected chi connectivity index (χ1v) is 5.60. The van der Waals surface area contributed by atoms with Crippen molar-refractivity contribution < 1.29 is 24.2 Å². The standard InChI is InChI=1S/C9H17N3O8/c1-7(19-5-8(2,3)10(13)14)20-6-9(4,11(15)16)12(17)18/h7H,5-6H2,1-4H3. The normalized spacial score (nSPS) is 13.8. The molecule has 0 N–H and O–H groups in total. The summed E-state index contributed by atoms with van der Waals surface area (Å²) in [7, 11) is 0. The average Bonchev–Trinajstić information content (AvgIpc) is 2.32. The van der Waals surface area contributed by atoms with E-state index < -0.39 is 38.9 Å². The molecular weight excluding hydrogens is 278 g/mol. The van der Waals surface area contributed by atoms with E-state index in [1.165, 1.54) is 20.8 Å². The Balaban J connectivity index is 4.43. The summed E-state index contributed by atoms with van der Waals surface area (Å²) in [4.78, 5) is 29.2. The van der Waals surface area contributed by atoms with E-state index in [4.69, 9.17) is 9.47 Å². The summed E-state index contributed by atoms with van der Waals surface area (Å²) in [5, 5.41) is 31.9. The molecule has 20 heavy (non-hydrogen) atoms. The van der Waals surface area contributed by atoms with E-state index in [1.807, 2.05) is 0 Å². The van der Waals surface area contributed by atoms with Crippen molar-refractivity contribution in [3.05, 3.63) is 30.3 Å². The molecule has 0 aliphatic carbocycles. The van der Waals surface area contributed by atoms with Gasteiger partial charge >= 0.3 is 5.66 Å². The number of hydrogen-bond acceptors (Lipinski definition) is 8. The summed E-state index contributed by atoms with van der Waals surface area (Å²) in [6.45, 7) is 3.70. The lowest BCUT2D eigenvalue weighted by Gasteiger charge is -2.20. The Bertz CT molecular complexity index is 383. The number of rotatable bonds is 9. The molecule has 0 saturated carbocycles. The maximum absolute atomic E-state index is 10.6. The Labute approximate surface area is 114 Å². The molecule has 116 valence electrons. The minimum Gasteiger partial charge on any atom is -0.346 e. The molecule has 1 unspecified atom stereocenters. The van der Waals surface area contributed by atoms with Gasteiger partial charge in [0.15, 0.2) is 12.9 Å². The molecule has 0 fully saturated rings. The summed E-state index contributed by atoms with van der Waals surface area (Å²) in [6, 6.07) is 0. The fraction of sp³-hybridized carbons (Fsp3) is 1.00. The Morgan fingerprint density at radius 1 is 0.900 bits per heavy atom. The van der Waals surface area contributed by atoms with Gasteiger partial charge in [-0.05, 0) is 6.92 Å². The zero-order chi connectivity index (χ0) is 16.1. The van der Waals surface area contributed by atoms with Crippen LogP contribution in [-0.4, -0.2) is 45.5 Å². The Hall–Kier alpha value is -1.88. The second-order valence-electron chi connectivity index (χ2n) is 4.99. The van der Waals surface area contributed by atoms with Crippen molar-refractivity contribution in [3.8, 4) is 0 Å². The van der Waals surface area contributed by atoms with E-state index in [0.717, 1.165) is 6.92 Å². The highest BCUT2D eigenvalue weighted by molar-refractivity contribution is 4.65. The molecule has 0 aromatic heterocycles. The fourth-order valence-electron chi connectivity index (χ4n) is 0.869. The van der Waals surface area contributed by atoms with Crippen LogP contribution in [0.25, 0.3) is 0 Å². The van der Waals surface area contributed by atoms with Gasteiger partial charge in [0.1, 0.15) is 16.5 Å². The van der Waals surface area contributed by atoms with Gasteiger partial charge in [-0.25, -0.2) is 0 Å². The van der Waals surface area contributed by atoms with E-state index >= 15 is 0 Å². The van der Waals surface area contributed by atoms with Gasteiger partial charge in [0.2, 0.25) is 5.54 Å². The maximum atomic E-state index is 10.6. The van der Waals surface area contributed by atoms with Gasteiger partial charge < -0.3 is 9.47 Å². The first-order chi connectivity index (χ1) is 8.93. The molecule has 0 saturated heterocycles.